The predicted octanol–water partition coefficient (Wildman–Crippen LogP) is 2.76. The Kier molecular flexibility index (Phi) is 6.30. The molecular formula is C21H25N3O3. The maximum Gasteiger partial charge on any atom is 0.224 e. The highest BCUT2D eigenvalue weighted by molar-refractivity contribution is 5.93. The lowest BCUT2D eigenvalue weighted by Crippen LogP contribution is -2.49. The topological polar surface area (TPSA) is 61.9 Å². The van der Waals surface area contributed by atoms with Gasteiger partial charge in [0.05, 0.1) is 12.8 Å². The first-order valence-electron chi connectivity index (χ1n) is 9.18. The lowest BCUT2D eigenvalue weighted by Gasteiger charge is -2.36. The molecule has 0 saturated carbocycles. The third kappa shape index (κ3) is 5.00. The van der Waals surface area contributed by atoms with Crippen molar-refractivity contribution >= 4 is 23.2 Å². The minimum Gasteiger partial charge on any atom is -0.495 e. The summed E-state index contributed by atoms with van der Waals surface area (Å²) in [6.07, 6.45) is 0.424. The second kappa shape index (κ2) is 9.07. The molecule has 0 bridgehead atoms. The third-order valence-electron chi connectivity index (χ3n) is 4.68. The number of carbonyl (C=O) groups is 2. The number of anilines is 2. The summed E-state index contributed by atoms with van der Waals surface area (Å²) >= 11 is 0. The Labute approximate surface area is 159 Å². The van der Waals surface area contributed by atoms with Crippen LogP contribution in [-0.4, -0.2) is 50.0 Å². The van der Waals surface area contributed by atoms with Gasteiger partial charge in [0.2, 0.25) is 11.8 Å². The van der Waals surface area contributed by atoms with E-state index in [1.54, 1.807) is 7.11 Å². The van der Waals surface area contributed by atoms with Crippen molar-refractivity contribution in [3.05, 3.63) is 54.6 Å². The van der Waals surface area contributed by atoms with E-state index >= 15 is 0 Å². The number of nitrogens with zero attached hydrogens (tertiary/aromatic N) is 2. The fourth-order valence-electron chi connectivity index (χ4n) is 3.21. The Morgan fingerprint density at radius 3 is 2.30 bits per heavy atom. The van der Waals surface area contributed by atoms with Gasteiger partial charge >= 0.3 is 0 Å². The molecule has 27 heavy (non-hydrogen) atoms. The number of ether oxygens (including phenoxy) is 1. The number of carbonyl (C=O) groups excluding carboxylic acids is 2. The normalized spacial score (nSPS) is 14.0. The summed E-state index contributed by atoms with van der Waals surface area (Å²) in [7, 11) is 1.67. The number of rotatable bonds is 6. The van der Waals surface area contributed by atoms with Crippen LogP contribution in [0.5, 0.6) is 5.75 Å². The van der Waals surface area contributed by atoms with Gasteiger partial charge in [-0.1, -0.05) is 30.3 Å². The minimum absolute atomic E-state index is 0.0258. The van der Waals surface area contributed by atoms with Crippen molar-refractivity contribution in [2.45, 2.75) is 12.8 Å². The lowest BCUT2D eigenvalue weighted by molar-refractivity contribution is -0.133. The van der Waals surface area contributed by atoms with Crippen LogP contribution in [0.3, 0.4) is 0 Å². The van der Waals surface area contributed by atoms with E-state index in [2.05, 4.69) is 10.2 Å². The maximum atomic E-state index is 12.4. The molecule has 1 aliphatic heterocycles. The fourth-order valence-corrected chi connectivity index (χ4v) is 3.21. The molecule has 2 amide bonds. The van der Waals surface area contributed by atoms with Crippen molar-refractivity contribution in [2.75, 3.05) is 43.5 Å². The molecule has 0 spiro atoms. The summed E-state index contributed by atoms with van der Waals surface area (Å²) in [5.41, 5.74) is 1.80. The van der Waals surface area contributed by atoms with E-state index < -0.39 is 0 Å². The third-order valence-corrected chi connectivity index (χ3v) is 4.68. The highest BCUT2D eigenvalue weighted by Crippen LogP contribution is 2.28. The average Bonchev–Trinajstić information content (AvgIpc) is 2.73. The minimum atomic E-state index is -0.137. The van der Waals surface area contributed by atoms with Crippen molar-refractivity contribution in [1.29, 1.82) is 0 Å². The molecule has 0 unspecified atom stereocenters. The number of hydrogen-bond acceptors (Lipinski definition) is 4. The molecule has 0 aromatic heterocycles. The molecule has 2 aromatic rings. The first-order chi connectivity index (χ1) is 13.2. The van der Waals surface area contributed by atoms with Crippen molar-refractivity contribution in [3.8, 4) is 5.75 Å². The van der Waals surface area contributed by atoms with Gasteiger partial charge < -0.3 is 19.9 Å². The molecule has 0 radical (unpaired) electrons. The van der Waals surface area contributed by atoms with Crippen LogP contribution in [0.25, 0.3) is 0 Å². The van der Waals surface area contributed by atoms with Gasteiger partial charge in [0, 0.05) is 44.7 Å². The number of benzene rings is 2. The highest BCUT2D eigenvalue weighted by Gasteiger charge is 2.23. The van der Waals surface area contributed by atoms with Crippen LogP contribution in [0.1, 0.15) is 12.8 Å². The number of piperazine rings is 1. The van der Waals surface area contributed by atoms with Gasteiger partial charge in [0.1, 0.15) is 5.75 Å². The van der Waals surface area contributed by atoms with Gasteiger partial charge in [-0.2, -0.15) is 0 Å². The van der Waals surface area contributed by atoms with Crippen LogP contribution in [0.2, 0.25) is 0 Å². The molecule has 2 aromatic carbocycles. The van der Waals surface area contributed by atoms with Crippen molar-refractivity contribution in [1.82, 2.24) is 4.90 Å². The standard InChI is InChI=1S/C21H25N3O3/c1-27-19-10-6-5-9-18(19)23-13-15-24(16-14-23)21(26)12-11-20(25)22-17-7-3-2-4-8-17/h2-10H,11-16H2,1H3,(H,22,25). The Hall–Kier alpha value is -3.02. The van der Waals surface area contributed by atoms with Crippen molar-refractivity contribution < 1.29 is 14.3 Å². The molecule has 1 fully saturated rings. The van der Waals surface area contributed by atoms with E-state index in [-0.39, 0.29) is 24.7 Å². The summed E-state index contributed by atoms with van der Waals surface area (Å²) < 4.78 is 5.42. The number of hydrogen-bond donors (Lipinski definition) is 1. The number of nitrogens with one attached hydrogen (secondary N) is 1. The smallest absolute Gasteiger partial charge is 0.224 e. The van der Waals surface area contributed by atoms with Gasteiger partial charge in [-0.15, -0.1) is 0 Å². The van der Waals surface area contributed by atoms with E-state index in [0.29, 0.717) is 13.1 Å². The van der Waals surface area contributed by atoms with Crippen LogP contribution in [-0.2, 0) is 9.59 Å². The number of amides is 2. The number of methoxy groups -OCH3 is 1. The number of para-hydroxylation sites is 3. The molecule has 1 aliphatic rings. The molecule has 3 rings (SSSR count). The Balaban J connectivity index is 1.45. The van der Waals surface area contributed by atoms with E-state index in [0.717, 1.165) is 30.2 Å². The van der Waals surface area contributed by atoms with E-state index in [1.807, 2.05) is 59.5 Å². The predicted molar refractivity (Wildman–Crippen MR) is 106 cm³/mol. The highest BCUT2D eigenvalue weighted by atomic mass is 16.5. The molecule has 0 aliphatic carbocycles. The van der Waals surface area contributed by atoms with E-state index in [4.69, 9.17) is 4.74 Å². The van der Waals surface area contributed by atoms with Crippen LogP contribution in [0, 0.1) is 0 Å². The summed E-state index contributed by atoms with van der Waals surface area (Å²) in [6.45, 7) is 2.80. The van der Waals surface area contributed by atoms with Crippen molar-refractivity contribution in [2.24, 2.45) is 0 Å². The molecule has 1 saturated heterocycles. The van der Waals surface area contributed by atoms with Gasteiger partial charge in [-0.05, 0) is 24.3 Å². The Morgan fingerprint density at radius 2 is 1.59 bits per heavy atom. The van der Waals surface area contributed by atoms with E-state index in [1.165, 1.54) is 0 Å². The maximum absolute atomic E-state index is 12.4. The average molecular weight is 367 g/mol. The van der Waals surface area contributed by atoms with Crippen LogP contribution < -0.4 is 15.0 Å². The first kappa shape index (κ1) is 18.8. The molecule has 142 valence electrons. The quantitative estimate of drug-likeness (QED) is 0.853. The molecule has 1 N–H and O–H groups in total. The summed E-state index contributed by atoms with van der Waals surface area (Å²) in [4.78, 5) is 28.5. The second-order valence-corrected chi connectivity index (χ2v) is 6.45. The second-order valence-electron chi connectivity index (χ2n) is 6.45. The summed E-state index contributed by atoms with van der Waals surface area (Å²) in [5, 5.41) is 2.81. The van der Waals surface area contributed by atoms with Gasteiger partial charge in [-0.3, -0.25) is 9.59 Å². The first-order valence-corrected chi connectivity index (χ1v) is 9.18. The molecular weight excluding hydrogens is 342 g/mol. The van der Waals surface area contributed by atoms with Crippen molar-refractivity contribution in [3.63, 3.8) is 0 Å². The summed E-state index contributed by atoms with van der Waals surface area (Å²) in [6, 6.07) is 17.2. The lowest BCUT2D eigenvalue weighted by atomic mass is 10.2. The molecule has 0 atom stereocenters. The van der Waals surface area contributed by atoms with E-state index in [9.17, 15) is 9.59 Å². The van der Waals surface area contributed by atoms with Gasteiger partial charge in [0.15, 0.2) is 0 Å². The van der Waals surface area contributed by atoms with Crippen LogP contribution >= 0.6 is 0 Å². The summed E-state index contributed by atoms with van der Waals surface area (Å²) in [5.74, 6) is 0.731. The van der Waals surface area contributed by atoms with Gasteiger partial charge in [-0.25, -0.2) is 0 Å². The zero-order chi connectivity index (χ0) is 19.1. The van der Waals surface area contributed by atoms with Crippen LogP contribution in [0.15, 0.2) is 54.6 Å². The SMILES string of the molecule is COc1ccccc1N1CCN(C(=O)CCC(=O)Nc2ccccc2)CC1. The largest absolute Gasteiger partial charge is 0.495 e. The fraction of sp³-hybridized carbons (Fsp3) is 0.333. The zero-order valence-corrected chi connectivity index (χ0v) is 15.6. The Bertz CT molecular complexity index is 771. The molecule has 1 heterocycles. The monoisotopic (exact) mass is 367 g/mol. The van der Waals surface area contributed by atoms with Crippen LogP contribution in [0.4, 0.5) is 11.4 Å². The Morgan fingerprint density at radius 1 is 0.926 bits per heavy atom. The van der Waals surface area contributed by atoms with Gasteiger partial charge in [0.25, 0.3) is 0 Å². The molecule has 6 nitrogen and oxygen atoms in total. The zero-order valence-electron chi connectivity index (χ0n) is 15.6. The molecule has 6 heteroatoms.